The van der Waals surface area contributed by atoms with Crippen LogP contribution in [0.15, 0.2) is 66.6 Å². The number of hydrogen-bond donors (Lipinski definition) is 0. The normalized spacial score (nSPS) is 11.9. The number of benzene rings is 1. The van der Waals surface area contributed by atoms with Crippen LogP contribution in [0.5, 0.6) is 0 Å². The molecule has 3 aromatic rings. The standard InChI is InChI=1S/C21H22N4OS/c1-4-14-25-20(18-10-12-22-13-11-18)23-24-21(25)27-15(3)19(26)17-8-6-16(5-2)7-9-17/h4,6-13,15H,1,5,14H2,2-3H3. The second kappa shape index (κ2) is 8.77. The predicted octanol–water partition coefficient (Wildman–Crippen LogP) is 4.45. The van der Waals surface area contributed by atoms with Crippen LogP contribution in [-0.4, -0.2) is 30.8 Å². The van der Waals surface area contributed by atoms with Gasteiger partial charge in [-0.3, -0.25) is 14.3 Å². The third-order valence-corrected chi connectivity index (χ3v) is 5.35. The number of carbonyl (C=O) groups excluding carboxylic acids is 1. The van der Waals surface area contributed by atoms with Crippen LogP contribution in [-0.2, 0) is 13.0 Å². The maximum Gasteiger partial charge on any atom is 0.192 e. The van der Waals surface area contributed by atoms with Gasteiger partial charge < -0.3 is 0 Å². The third-order valence-electron chi connectivity index (χ3n) is 4.27. The highest BCUT2D eigenvalue weighted by Gasteiger charge is 2.21. The van der Waals surface area contributed by atoms with Crippen molar-refractivity contribution < 1.29 is 4.79 Å². The van der Waals surface area contributed by atoms with Gasteiger partial charge in [-0.2, -0.15) is 0 Å². The van der Waals surface area contributed by atoms with Gasteiger partial charge in [-0.25, -0.2) is 0 Å². The summed E-state index contributed by atoms with van der Waals surface area (Å²) in [6.45, 7) is 8.40. The fraction of sp³-hybridized carbons (Fsp3) is 0.238. The second-order valence-corrected chi connectivity index (χ2v) is 7.42. The summed E-state index contributed by atoms with van der Waals surface area (Å²) in [4.78, 5) is 16.8. The Morgan fingerprint density at radius 2 is 1.89 bits per heavy atom. The van der Waals surface area contributed by atoms with Crippen molar-refractivity contribution in [1.29, 1.82) is 0 Å². The fourth-order valence-corrected chi connectivity index (χ4v) is 3.67. The van der Waals surface area contributed by atoms with Crippen molar-refractivity contribution in [2.24, 2.45) is 0 Å². The van der Waals surface area contributed by atoms with Gasteiger partial charge in [0.15, 0.2) is 16.8 Å². The Hall–Kier alpha value is -2.73. The lowest BCUT2D eigenvalue weighted by Gasteiger charge is -2.12. The van der Waals surface area contributed by atoms with Crippen molar-refractivity contribution in [3.63, 3.8) is 0 Å². The highest BCUT2D eigenvalue weighted by molar-refractivity contribution is 8.00. The summed E-state index contributed by atoms with van der Waals surface area (Å²) in [6, 6.07) is 11.6. The summed E-state index contributed by atoms with van der Waals surface area (Å²) in [5.74, 6) is 0.827. The van der Waals surface area contributed by atoms with Crippen molar-refractivity contribution in [2.75, 3.05) is 0 Å². The zero-order valence-electron chi connectivity index (χ0n) is 15.5. The monoisotopic (exact) mass is 378 g/mol. The van der Waals surface area contributed by atoms with Crippen LogP contribution in [0.2, 0.25) is 0 Å². The number of hydrogen-bond acceptors (Lipinski definition) is 5. The molecule has 0 saturated carbocycles. The Bertz CT molecular complexity index is 919. The van der Waals surface area contributed by atoms with E-state index in [-0.39, 0.29) is 11.0 Å². The van der Waals surface area contributed by atoms with E-state index in [0.717, 1.165) is 23.4 Å². The molecule has 1 aromatic carbocycles. The van der Waals surface area contributed by atoms with E-state index in [0.29, 0.717) is 11.7 Å². The lowest BCUT2D eigenvalue weighted by molar-refractivity contribution is 0.0994. The summed E-state index contributed by atoms with van der Waals surface area (Å²) >= 11 is 1.41. The maximum atomic E-state index is 12.8. The number of pyridine rings is 1. The van der Waals surface area contributed by atoms with Gasteiger partial charge in [-0.1, -0.05) is 49.0 Å². The molecule has 1 atom stereocenters. The van der Waals surface area contributed by atoms with E-state index in [1.54, 1.807) is 18.5 Å². The van der Waals surface area contributed by atoms with Crippen molar-refractivity contribution in [3.8, 4) is 11.4 Å². The zero-order valence-corrected chi connectivity index (χ0v) is 16.3. The molecule has 0 aliphatic heterocycles. The largest absolute Gasteiger partial charge is 0.298 e. The number of aryl methyl sites for hydroxylation is 1. The number of allylic oxidation sites excluding steroid dienone is 1. The first-order valence-corrected chi connectivity index (χ1v) is 9.76. The van der Waals surface area contributed by atoms with Crippen LogP contribution in [0, 0.1) is 0 Å². The van der Waals surface area contributed by atoms with Crippen molar-refractivity contribution in [2.45, 2.75) is 37.2 Å². The highest BCUT2D eigenvalue weighted by atomic mass is 32.2. The van der Waals surface area contributed by atoms with E-state index in [1.165, 1.54) is 17.3 Å². The minimum Gasteiger partial charge on any atom is -0.298 e. The third kappa shape index (κ3) is 4.34. The summed E-state index contributed by atoms with van der Waals surface area (Å²) in [5.41, 5.74) is 2.87. The molecule has 0 N–H and O–H groups in total. The summed E-state index contributed by atoms with van der Waals surface area (Å²) in [7, 11) is 0. The predicted molar refractivity (Wildman–Crippen MR) is 109 cm³/mol. The van der Waals surface area contributed by atoms with Crippen LogP contribution in [0.25, 0.3) is 11.4 Å². The molecule has 2 heterocycles. The SMILES string of the molecule is C=CCn1c(SC(C)C(=O)c2ccc(CC)cc2)nnc1-c1ccncc1. The van der Waals surface area contributed by atoms with Crippen LogP contribution >= 0.6 is 11.8 Å². The molecule has 0 aliphatic carbocycles. The molecule has 3 rings (SSSR count). The number of rotatable bonds is 8. The van der Waals surface area contributed by atoms with E-state index in [4.69, 9.17) is 0 Å². The van der Waals surface area contributed by atoms with Gasteiger partial charge in [0.2, 0.25) is 0 Å². The smallest absolute Gasteiger partial charge is 0.192 e. The molecule has 0 spiro atoms. The van der Waals surface area contributed by atoms with E-state index < -0.39 is 0 Å². The summed E-state index contributed by atoms with van der Waals surface area (Å²) < 4.78 is 1.97. The van der Waals surface area contributed by atoms with Crippen molar-refractivity contribution >= 4 is 17.5 Å². The Kier molecular flexibility index (Phi) is 6.19. The highest BCUT2D eigenvalue weighted by Crippen LogP contribution is 2.28. The van der Waals surface area contributed by atoms with Gasteiger partial charge >= 0.3 is 0 Å². The molecule has 0 saturated heterocycles. The summed E-state index contributed by atoms with van der Waals surface area (Å²) in [6.07, 6.45) is 6.21. The van der Waals surface area contributed by atoms with E-state index >= 15 is 0 Å². The molecule has 2 aromatic heterocycles. The number of aromatic nitrogens is 4. The Labute approximate surface area is 163 Å². The van der Waals surface area contributed by atoms with E-state index in [9.17, 15) is 4.79 Å². The van der Waals surface area contributed by atoms with Gasteiger partial charge in [-0.15, -0.1) is 16.8 Å². The molecule has 1 unspecified atom stereocenters. The molecular formula is C21H22N4OS. The quantitative estimate of drug-likeness (QED) is 0.329. The van der Waals surface area contributed by atoms with Crippen LogP contribution < -0.4 is 0 Å². The number of nitrogens with zero attached hydrogens (tertiary/aromatic N) is 4. The molecule has 27 heavy (non-hydrogen) atoms. The molecule has 0 radical (unpaired) electrons. The van der Waals surface area contributed by atoms with Gasteiger partial charge in [-0.05, 0) is 31.0 Å². The molecule has 0 amide bonds. The number of ketones is 1. The average Bonchev–Trinajstić information content (AvgIpc) is 3.10. The molecule has 0 bridgehead atoms. The first-order valence-electron chi connectivity index (χ1n) is 8.88. The maximum absolute atomic E-state index is 12.8. The van der Waals surface area contributed by atoms with Gasteiger partial charge in [0, 0.05) is 30.1 Å². The van der Waals surface area contributed by atoms with Crippen molar-refractivity contribution in [3.05, 3.63) is 72.6 Å². The minimum absolute atomic E-state index is 0.0845. The lowest BCUT2D eigenvalue weighted by Crippen LogP contribution is -2.15. The Morgan fingerprint density at radius 3 is 2.52 bits per heavy atom. The summed E-state index contributed by atoms with van der Waals surface area (Å²) in [5, 5.41) is 9.06. The van der Waals surface area contributed by atoms with Gasteiger partial charge in [0.25, 0.3) is 0 Å². The molecule has 5 nitrogen and oxygen atoms in total. The minimum atomic E-state index is -0.268. The van der Waals surface area contributed by atoms with Gasteiger partial charge in [0.1, 0.15) is 0 Å². The molecule has 6 heteroatoms. The second-order valence-electron chi connectivity index (χ2n) is 6.12. The van der Waals surface area contributed by atoms with Crippen LogP contribution in [0.3, 0.4) is 0 Å². The number of carbonyl (C=O) groups is 1. The molecule has 0 aliphatic rings. The topological polar surface area (TPSA) is 60.7 Å². The fourth-order valence-electron chi connectivity index (χ4n) is 2.74. The molecule has 138 valence electrons. The Balaban J connectivity index is 1.82. The van der Waals surface area contributed by atoms with Crippen LogP contribution in [0.4, 0.5) is 0 Å². The first kappa shape index (κ1) is 19.0. The van der Waals surface area contributed by atoms with Crippen LogP contribution in [0.1, 0.15) is 29.8 Å². The number of thioether (sulfide) groups is 1. The van der Waals surface area contributed by atoms with Crippen molar-refractivity contribution in [1.82, 2.24) is 19.7 Å². The van der Waals surface area contributed by atoms with Gasteiger partial charge in [0.05, 0.1) is 5.25 Å². The average molecular weight is 379 g/mol. The number of Topliss-reactive ketones (excluding diaryl/α,β-unsaturated/α-hetero) is 1. The zero-order chi connectivity index (χ0) is 19.2. The van der Waals surface area contributed by atoms with E-state index in [1.807, 2.05) is 47.9 Å². The van der Waals surface area contributed by atoms with E-state index in [2.05, 4.69) is 28.7 Å². The Morgan fingerprint density at radius 1 is 1.19 bits per heavy atom. The lowest BCUT2D eigenvalue weighted by atomic mass is 10.1. The molecule has 0 fully saturated rings. The molecular weight excluding hydrogens is 356 g/mol. The first-order chi connectivity index (χ1) is 13.1.